The van der Waals surface area contributed by atoms with Crippen LogP contribution in [0.5, 0.6) is 17.2 Å². The lowest BCUT2D eigenvalue weighted by atomic mass is 9.68. The number of benzene rings is 2. The van der Waals surface area contributed by atoms with Crippen LogP contribution in [-0.2, 0) is 14.3 Å². The molecule has 1 heterocycles. The lowest BCUT2D eigenvalue weighted by molar-refractivity contribution is -0.140. The zero-order valence-corrected chi connectivity index (χ0v) is 21.5. The summed E-state index contributed by atoms with van der Waals surface area (Å²) < 4.78 is 22.2. The fraction of sp³-hybridized carbons (Fsp3) is 0.379. The van der Waals surface area contributed by atoms with Gasteiger partial charge < -0.3 is 24.3 Å². The van der Waals surface area contributed by atoms with E-state index in [4.69, 9.17) is 18.9 Å². The fourth-order valence-electron chi connectivity index (χ4n) is 4.96. The van der Waals surface area contributed by atoms with Gasteiger partial charge in [-0.1, -0.05) is 38.1 Å². The van der Waals surface area contributed by atoms with Crippen LogP contribution in [-0.4, -0.2) is 39.2 Å². The molecule has 4 rings (SSSR count). The molecule has 0 amide bonds. The highest BCUT2D eigenvalue weighted by Gasteiger charge is 2.43. The molecule has 1 atom stereocenters. The number of hydrogen-bond donors (Lipinski definition) is 1. The minimum Gasteiger partial charge on any atom is -0.493 e. The lowest BCUT2D eigenvalue weighted by Gasteiger charge is -2.39. The quantitative estimate of drug-likeness (QED) is 0.414. The first kappa shape index (κ1) is 25.4. The predicted octanol–water partition coefficient (Wildman–Crippen LogP) is 4.93. The number of esters is 1. The van der Waals surface area contributed by atoms with Gasteiger partial charge in [-0.05, 0) is 48.6 Å². The molecule has 1 aliphatic carbocycles. The fourth-order valence-corrected chi connectivity index (χ4v) is 4.96. The van der Waals surface area contributed by atoms with Crippen molar-refractivity contribution in [2.24, 2.45) is 5.41 Å². The molecule has 0 saturated heterocycles. The maximum Gasteiger partial charge on any atom is 0.336 e. The van der Waals surface area contributed by atoms with Crippen LogP contribution >= 0.6 is 0 Å². The van der Waals surface area contributed by atoms with Gasteiger partial charge in [-0.3, -0.25) is 4.79 Å². The van der Waals surface area contributed by atoms with E-state index in [0.29, 0.717) is 46.9 Å². The number of nitrogens with one attached hydrogen (secondary N) is 1. The van der Waals surface area contributed by atoms with Crippen molar-refractivity contribution < 1.29 is 28.5 Å². The molecule has 0 saturated carbocycles. The molecule has 36 heavy (non-hydrogen) atoms. The van der Waals surface area contributed by atoms with Crippen molar-refractivity contribution in [2.45, 2.75) is 39.5 Å². The van der Waals surface area contributed by atoms with E-state index in [1.54, 1.807) is 20.3 Å². The van der Waals surface area contributed by atoms with Gasteiger partial charge >= 0.3 is 5.97 Å². The molecule has 0 fully saturated rings. The van der Waals surface area contributed by atoms with Crippen LogP contribution in [0.4, 0.5) is 0 Å². The molecule has 2 aromatic rings. The SMILES string of the molecule is COc1ccc(C2C(C(=O)OCCOc3ccccc3)=C(C)NC3=C2C(=O)CC(C)(C)C3)cc1OC. The van der Waals surface area contributed by atoms with Crippen LogP contribution in [0.25, 0.3) is 0 Å². The summed E-state index contributed by atoms with van der Waals surface area (Å²) in [6, 6.07) is 14.8. The van der Waals surface area contributed by atoms with Crippen LogP contribution in [0, 0.1) is 5.41 Å². The molecule has 7 nitrogen and oxygen atoms in total. The molecule has 1 N–H and O–H groups in total. The highest BCUT2D eigenvalue weighted by molar-refractivity contribution is 6.04. The van der Waals surface area contributed by atoms with Crippen LogP contribution in [0.15, 0.2) is 71.1 Å². The summed E-state index contributed by atoms with van der Waals surface area (Å²) in [5.74, 6) is 0.771. The number of carbonyl (C=O) groups excluding carboxylic acids is 2. The molecule has 1 unspecified atom stereocenters. The van der Waals surface area contributed by atoms with E-state index < -0.39 is 11.9 Å². The molecule has 0 aromatic heterocycles. The van der Waals surface area contributed by atoms with Crippen molar-refractivity contribution in [3.8, 4) is 17.2 Å². The van der Waals surface area contributed by atoms with Gasteiger partial charge in [-0.15, -0.1) is 0 Å². The summed E-state index contributed by atoms with van der Waals surface area (Å²) in [5, 5.41) is 3.35. The first-order chi connectivity index (χ1) is 17.2. The summed E-state index contributed by atoms with van der Waals surface area (Å²) in [7, 11) is 3.13. The molecule has 2 aromatic carbocycles. The number of ketones is 1. The molecule has 7 heteroatoms. The number of allylic oxidation sites excluding steroid dienone is 3. The Hall–Kier alpha value is -3.74. The molecular formula is C29H33NO6. The highest BCUT2D eigenvalue weighted by Crippen LogP contribution is 2.47. The Balaban J connectivity index is 1.65. The average Bonchev–Trinajstić information content (AvgIpc) is 2.85. The number of methoxy groups -OCH3 is 2. The third-order valence-electron chi connectivity index (χ3n) is 6.53. The van der Waals surface area contributed by atoms with Gasteiger partial charge in [0.25, 0.3) is 0 Å². The second-order valence-corrected chi connectivity index (χ2v) is 9.84. The van der Waals surface area contributed by atoms with E-state index in [-0.39, 0.29) is 24.4 Å². The summed E-state index contributed by atoms with van der Waals surface area (Å²) in [6.07, 6.45) is 1.12. The molecule has 0 radical (unpaired) electrons. The number of carbonyl (C=O) groups is 2. The van der Waals surface area contributed by atoms with E-state index in [9.17, 15) is 9.59 Å². The van der Waals surface area contributed by atoms with Gasteiger partial charge in [-0.2, -0.15) is 0 Å². The van der Waals surface area contributed by atoms with Crippen molar-refractivity contribution in [3.63, 3.8) is 0 Å². The predicted molar refractivity (Wildman–Crippen MR) is 136 cm³/mol. The first-order valence-electron chi connectivity index (χ1n) is 12.0. The Kier molecular flexibility index (Phi) is 7.38. The Bertz CT molecular complexity index is 1210. The van der Waals surface area contributed by atoms with Crippen LogP contribution in [0.1, 0.15) is 45.1 Å². The number of hydrogen-bond acceptors (Lipinski definition) is 7. The van der Waals surface area contributed by atoms with Crippen LogP contribution in [0.3, 0.4) is 0 Å². The summed E-state index contributed by atoms with van der Waals surface area (Å²) >= 11 is 0. The van der Waals surface area contributed by atoms with Gasteiger partial charge in [0.1, 0.15) is 19.0 Å². The highest BCUT2D eigenvalue weighted by atomic mass is 16.6. The minimum atomic E-state index is -0.577. The van der Waals surface area contributed by atoms with E-state index in [1.807, 2.05) is 49.4 Å². The Morgan fingerprint density at radius 3 is 2.42 bits per heavy atom. The van der Waals surface area contributed by atoms with E-state index in [1.165, 1.54) is 0 Å². The van der Waals surface area contributed by atoms with Gasteiger partial charge in [0.15, 0.2) is 17.3 Å². The van der Waals surface area contributed by atoms with Gasteiger partial charge in [0.05, 0.1) is 19.8 Å². The van der Waals surface area contributed by atoms with Crippen molar-refractivity contribution >= 4 is 11.8 Å². The second-order valence-electron chi connectivity index (χ2n) is 9.84. The van der Waals surface area contributed by atoms with Crippen molar-refractivity contribution in [1.29, 1.82) is 0 Å². The first-order valence-corrected chi connectivity index (χ1v) is 12.0. The number of rotatable bonds is 8. The minimum absolute atomic E-state index is 0.0266. The molecular weight excluding hydrogens is 458 g/mol. The maximum atomic E-state index is 13.4. The van der Waals surface area contributed by atoms with Gasteiger partial charge in [-0.25, -0.2) is 4.79 Å². The number of para-hydroxylation sites is 1. The largest absolute Gasteiger partial charge is 0.493 e. The van der Waals surface area contributed by atoms with E-state index in [0.717, 1.165) is 11.3 Å². The number of ether oxygens (including phenoxy) is 4. The number of dihydropyridines is 1. The van der Waals surface area contributed by atoms with E-state index in [2.05, 4.69) is 19.2 Å². The van der Waals surface area contributed by atoms with Crippen molar-refractivity contribution in [2.75, 3.05) is 27.4 Å². The summed E-state index contributed by atoms with van der Waals surface area (Å²) in [4.78, 5) is 26.9. The molecule has 0 spiro atoms. The van der Waals surface area contributed by atoms with Crippen molar-refractivity contribution in [1.82, 2.24) is 5.32 Å². The molecule has 1 aliphatic heterocycles. The third kappa shape index (κ3) is 5.25. The summed E-state index contributed by atoms with van der Waals surface area (Å²) in [5.41, 5.74) is 3.15. The zero-order valence-electron chi connectivity index (χ0n) is 21.5. The lowest BCUT2D eigenvalue weighted by Crippen LogP contribution is -2.38. The van der Waals surface area contributed by atoms with Crippen LogP contribution in [0.2, 0.25) is 0 Å². The zero-order chi connectivity index (χ0) is 25.9. The average molecular weight is 492 g/mol. The summed E-state index contributed by atoms with van der Waals surface area (Å²) in [6.45, 7) is 6.31. The molecule has 190 valence electrons. The normalized spacial score (nSPS) is 18.8. The maximum absolute atomic E-state index is 13.4. The Morgan fingerprint density at radius 1 is 1.00 bits per heavy atom. The Labute approximate surface area is 212 Å². The molecule has 2 aliphatic rings. The Morgan fingerprint density at radius 2 is 1.72 bits per heavy atom. The number of Topliss-reactive ketones (excluding diaryl/α,β-unsaturated/α-hetero) is 1. The van der Waals surface area contributed by atoms with Gasteiger partial charge in [0.2, 0.25) is 0 Å². The monoisotopic (exact) mass is 491 g/mol. The molecule has 0 bridgehead atoms. The van der Waals surface area contributed by atoms with Gasteiger partial charge in [0, 0.05) is 29.3 Å². The van der Waals surface area contributed by atoms with Crippen LogP contribution < -0.4 is 19.5 Å². The van der Waals surface area contributed by atoms with E-state index >= 15 is 0 Å². The van der Waals surface area contributed by atoms with Crippen molar-refractivity contribution in [3.05, 3.63) is 76.6 Å². The second kappa shape index (κ2) is 10.5. The smallest absolute Gasteiger partial charge is 0.336 e. The standard InChI is InChI=1S/C29H33NO6/c1-18-25(28(32)36-14-13-35-20-9-7-6-8-10-20)26(19-11-12-23(33-4)24(15-19)34-5)27-21(30-18)16-29(2,3)17-22(27)31/h6-12,15,26,30H,13-14,16-17H2,1-5H3. The topological polar surface area (TPSA) is 83.1 Å². The third-order valence-corrected chi connectivity index (χ3v) is 6.53.